The Morgan fingerprint density at radius 3 is 0.917 bits per heavy atom. The molecule has 0 saturated heterocycles. The summed E-state index contributed by atoms with van der Waals surface area (Å²) in [5.74, 6) is 0. The number of hydrogen-bond acceptors (Lipinski definition) is 1. The molecule has 0 spiro atoms. The molecule has 0 saturated carbocycles. The molecule has 0 aromatic carbocycles. The van der Waals surface area contributed by atoms with E-state index in [-0.39, 0.29) is 14.9 Å². The summed E-state index contributed by atoms with van der Waals surface area (Å²) in [7, 11) is 0. The molecule has 0 aliphatic heterocycles. The molecule has 0 bridgehead atoms. The van der Waals surface area contributed by atoms with Crippen LogP contribution in [0.25, 0.3) is 0 Å². The van der Waals surface area contributed by atoms with E-state index in [0.717, 1.165) is 0 Å². The normalized spacial score (nSPS) is 12.0. The Labute approximate surface area is 66.5 Å². The molecule has 0 atom stereocenters. The monoisotopic (exact) mass is 199 g/mol. The molecule has 0 aromatic rings. The van der Waals surface area contributed by atoms with Crippen molar-refractivity contribution >= 4 is 0 Å². The molecular formula is C5H11F6N. The average molecular weight is 199 g/mol. The zero-order valence-corrected chi connectivity index (χ0v) is 4.42. The van der Waals surface area contributed by atoms with Gasteiger partial charge in [0.2, 0.25) is 0 Å². The van der Waals surface area contributed by atoms with Crippen LogP contribution in [0.3, 0.4) is 0 Å². The second kappa shape index (κ2) is 4.54. The maximum atomic E-state index is 11.1. The van der Waals surface area contributed by atoms with Gasteiger partial charge in [0.15, 0.2) is 6.04 Å². The van der Waals surface area contributed by atoms with E-state index in [2.05, 4.69) is 5.73 Å². The van der Waals surface area contributed by atoms with Gasteiger partial charge < -0.3 is 5.73 Å². The molecule has 0 aliphatic carbocycles. The molecule has 0 radical (unpaired) electrons. The molecule has 1 nitrogen and oxygen atoms in total. The zero-order valence-electron chi connectivity index (χ0n) is 4.42. The SMILES string of the molecule is C.C.NC(C(F)(F)F)C(F)(F)F. The number of rotatable bonds is 0. The second-order valence-electron chi connectivity index (χ2n) is 1.56. The summed E-state index contributed by atoms with van der Waals surface area (Å²) in [6.07, 6.45) is -10.8. The smallest absolute Gasteiger partial charge is 0.313 e. The lowest BCUT2D eigenvalue weighted by Crippen LogP contribution is -2.49. The van der Waals surface area contributed by atoms with Crippen molar-refractivity contribution in [3.05, 3.63) is 0 Å². The van der Waals surface area contributed by atoms with E-state index in [1.165, 1.54) is 0 Å². The van der Waals surface area contributed by atoms with Crippen molar-refractivity contribution in [3.8, 4) is 0 Å². The van der Waals surface area contributed by atoms with Crippen LogP contribution in [0.1, 0.15) is 14.9 Å². The van der Waals surface area contributed by atoms with Crippen molar-refractivity contribution in [2.45, 2.75) is 33.2 Å². The first-order valence-corrected chi connectivity index (χ1v) is 2.04. The maximum Gasteiger partial charge on any atom is 0.412 e. The molecule has 0 unspecified atom stereocenters. The molecule has 78 valence electrons. The van der Waals surface area contributed by atoms with Gasteiger partial charge in [-0.1, -0.05) is 14.9 Å². The van der Waals surface area contributed by atoms with Crippen molar-refractivity contribution in [1.82, 2.24) is 0 Å². The Hall–Kier alpha value is -0.460. The van der Waals surface area contributed by atoms with Gasteiger partial charge >= 0.3 is 12.4 Å². The van der Waals surface area contributed by atoms with E-state index >= 15 is 0 Å². The first-order valence-electron chi connectivity index (χ1n) is 2.04. The lowest BCUT2D eigenvalue weighted by Gasteiger charge is -2.17. The molecule has 0 fully saturated rings. The summed E-state index contributed by atoms with van der Waals surface area (Å²) in [5, 5.41) is 0. The molecule has 0 amide bonds. The molecule has 0 aromatic heterocycles. The highest BCUT2D eigenvalue weighted by Crippen LogP contribution is 2.30. The third kappa shape index (κ3) is 5.22. The Kier molecular flexibility index (Phi) is 6.65. The number of nitrogens with two attached hydrogens (primary N) is 1. The van der Waals surface area contributed by atoms with E-state index in [1.54, 1.807) is 0 Å². The van der Waals surface area contributed by atoms with E-state index in [9.17, 15) is 26.3 Å². The number of hydrogen-bond donors (Lipinski definition) is 1. The topological polar surface area (TPSA) is 26.0 Å². The summed E-state index contributed by atoms with van der Waals surface area (Å²) < 4.78 is 66.6. The standard InChI is InChI=1S/C3H3F6N.2CH4/c4-2(5,6)1(10)3(7,8)9;;/h1H,10H2;2*1H4. The van der Waals surface area contributed by atoms with Crippen LogP contribution in [-0.2, 0) is 0 Å². The minimum atomic E-state index is -5.40. The summed E-state index contributed by atoms with van der Waals surface area (Å²) >= 11 is 0. The van der Waals surface area contributed by atoms with Gasteiger partial charge in [-0.05, 0) is 0 Å². The summed E-state index contributed by atoms with van der Waals surface area (Å²) in [5.41, 5.74) is 3.78. The van der Waals surface area contributed by atoms with E-state index < -0.39 is 18.4 Å². The molecule has 0 rings (SSSR count). The lowest BCUT2D eigenvalue weighted by atomic mass is 10.3. The van der Waals surface area contributed by atoms with Gasteiger partial charge in [-0.3, -0.25) is 0 Å². The highest BCUT2D eigenvalue weighted by atomic mass is 19.4. The molecule has 2 N–H and O–H groups in total. The number of halogens is 6. The molecular weight excluding hydrogens is 188 g/mol. The third-order valence-electron chi connectivity index (χ3n) is 0.705. The summed E-state index contributed by atoms with van der Waals surface area (Å²) in [6, 6.07) is -3.74. The average Bonchev–Trinajstić information content (AvgIpc) is 1.59. The quantitative estimate of drug-likeness (QED) is 0.596. The van der Waals surface area contributed by atoms with Gasteiger partial charge in [-0.15, -0.1) is 0 Å². The second-order valence-corrected chi connectivity index (χ2v) is 1.56. The molecule has 0 aliphatic rings. The van der Waals surface area contributed by atoms with Crippen LogP contribution in [0.4, 0.5) is 26.3 Å². The molecule has 7 heteroatoms. The Morgan fingerprint density at radius 2 is 0.917 bits per heavy atom. The van der Waals surface area contributed by atoms with Crippen molar-refractivity contribution in [2.75, 3.05) is 0 Å². The van der Waals surface area contributed by atoms with Gasteiger partial charge in [0.1, 0.15) is 0 Å². The Morgan fingerprint density at radius 1 is 0.750 bits per heavy atom. The van der Waals surface area contributed by atoms with E-state index in [0.29, 0.717) is 0 Å². The van der Waals surface area contributed by atoms with Crippen LogP contribution < -0.4 is 5.73 Å². The first kappa shape index (κ1) is 17.6. The van der Waals surface area contributed by atoms with Crippen LogP contribution >= 0.6 is 0 Å². The maximum absolute atomic E-state index is 11.1. The Bertz CT molecular complexity index is 100. The largest absolute Gasteiger partial charge is 0.412 e. The van der Waals surface area contributed by atoms with Crippen molar-refractivity contribution < 1.29 is 26.3 Å². The van der Waals surface area contributed by atoms with Crippen molar-refractivity contribution in [2.24, 2.45) is 5.73 Å². The van der Waals surface area contributed by atoms with Gasteiger partial charge in [-0.25, -0.2) is 0 Å². The minimum absolute atomic E-state index is 0. The zero-order chi connectivity index (χ0) is 8.58. The fourth-order valence-electron chi connectivity index (χ4n) is 0.186. The minimum Gasteiger partial charge on any atom is -0.313 e. The van der Waals surface area contributed by atoms with E-state index in [4.69, 9.17) is 0 Å². The third-order valence-corrected chi connectivity index (χ3v) is 0.705. The molecule has 12 heavy (non-hydrogen) atoms. The van der Waals surface area contributed by atoms with Gasteiger partial charge in [-0.2, -0.15) is 26.3 Å². The van der Waals surface area contributed by atoms with Gasteiger partial charge in [0.05, 0.1) is 0 Å². The fourth-order valence-corrected chi connectivity index (χ4v) is 0.186. The van der Waals surface area contributed by atoms with E-state index in [1.807, 2.05) is 0 Å². The van der Waals surface area contributed by atoms with Crippen molar-refractivity contribution in [1.29, 1.82) is 0 Å². The van der Waals surface area contributed by atoms with Gasteiger partial charge in [0.25, 0.3) is 0 Å². The highest BCUT2D eigenvalue weighted by Gasteiger charge is 2.54. The molecule has 0 heterocycles. The van der Waals surface area contributed by atoms with Crippen LogP contribution in [0.15, 0.2) is 0 Å². The first-order chi connectivity index (χ1) is 4.15. The predicted molar refractivity (Wildman–Crippen MR) is 33.5 cm³/mol. The highest BCUT2D eigenvalue weighted by molar-refractivity contribution is 4.77. The number of alkyl halides is 6. The lowest BCUT2D eigenvalue weighted by molar-refractivity contribution is -0.248. The predicted octanol–water partition coefficient (Wildman–Crippen LogP) is 2.71. The van der Waals surface area contributed by atoms with Crippen LogP contribution in [0.5, 0.6) is 0 Å². The van der Waals surface area contributed by atoms with Crippen LogP contribution in [-0.4, -0.2) is 18.4 Å². The van der Waals surface area contributed by atoms with Crippen molar-refractivity contribution in [3.63, 3.8) is 0 Å². The summed E-state index contributed by atoms with van der Waals surface area (Å²) in [6.45, 7) is 0. The fraction of sp³-hybridized carbons (Fsp3) is 1.00. The van der Waals surface area contributed by atoms with Crippen LogP contribution in [0, 0.1) is 0 Å². The Balaban J connectivity index is -0.000000405. The van der Waals surface area contributed by atoms with Crippen LogP contribution in [0.2, 0.25) is 0 Å². The van der Waals surface area contributed by atoms with Gasteiger partial charge in [0, 0.05) is 0 Å². The summed E-state index contributed by atoms with van der Waals surface area (Å²) in [4.78, 5) is 0.